The number of hydrogen-bond acceptors (Lipinski definition) is 5. The molecule has 21 heavy (non-hydrogen) atoms. The number of amides is 1. The van der Waals surface area contributed by atoms with Gasteiger partial charge < -0.3 is 15.5 Å². The van der Waals surface area contributed by atoms with E-state index in [-0.39, 0.29) is 5.91 Å². The van der Waals surface area contributed by atoms with Crippen molar-refractivity contribution in [2.75, 3.05) is 36.8 Å². The quantitative estimate of drug-likeness (QED) is 0.853. The highest BCUT2D eigenvalue weighted by molar-refractivity contribution is 7.18. The van der Waals surface area contributed by atoms with Crippen molar-refractivity contribution < 1.29 is 4.79 Å². The molecule has 0 aromatic carbocycles. The average Bonchev–Trinajstić information content (AvgIpc) is 2.74. The summed E-state index contributed by atoms with van der Waals surface area (Å²) in [5, 5.41) is 0.908. The highest BCUT2D eigenvalue weighted by Gasteiger charge is 2.24. The summed E-state index contributed by atoms with van der Waals surface area (Å²) in [4.78, 5) is 21.7. The van der Waals surface area contributed by atoms with Gasteiger partial charge in [0, 0.05) is 26.2 Å². The summed E-state index contributed by atoms with van der Waals surface area (Å²) in [6.07, 6.45) is 10.0. The average molecular weight is 306 g/mol. The van der Waals surface area contributed by atoms with Gasteiger partial charge in [-0.2, -0.15) is 0 Å². The zero-order valence-electron chi connectivity index (χ0n) is 12.3. The van der Waals surface area contributed by atoms with Crippen molar-refractivity contribution in [3.05, 3.63) is 17.0 Å². The van der Waals surface area contributed by atoms with Gasteiger partial charge in [-0.05, 0) is 19.3 Å². The highest BCUT2D eigenvalue weighted by atomic mass is 32.1. The number of nitrogens with zero attached hydrogens (tertiary/aromatic N) is 3. The Hall–Kier alpha value is -1.56. The Bertz CT molecular complexity index is 532. The molecule has 1 aromatic rings. The normalized spacial score (nSPS) is 19.6. The van der Waals surface area contributed by atoms with E-state index >= 15 is 0 Å². The number of anilines is 2. The Balaban J connectivity index is 1.77. The van der Waals surface area contributed by atoms with Gasteiger partial charge in [0.1, 0.15) is 10.7 Å². The second-order valence-electron chi connectivity index (χ2n) is 5.62. The van der Waals surface area contributed by atoms with Crippen molar-refractivity contribution in [2.24, 2.45) is 0 Å². The van der Waals surface area contributed by atoms with Crippen LogP contribution in [-0.2, 0) is 0 Å². The van der Waals surface area contributed by atoms with Gasteiger partial charge in [-0.1, -0.05) is 36.3 Å². The van der Waals surface area contributed by atoms with Crippen LogP contribution in [0.15, 0.2) is 12.2 Å². The summed E-state index contributed by atoms with van der Waals surface area (Å²) >= 11 is 1.45. The third-order valence-electron chi connectivity index (χ3n) is 4.06. The number of carbonyl (C=O) groups is 1. The third-order valence-corrected chi connectivity index (χ3v) is 5.18. The first-order valence-electron chi connectivity index (χ1n) is 7.71. The first-order chi connectivity index (χ1) is 10.3. The molecule has 0 atom stereocenters. The van der Waals surface area contributed by atoms with Crippen LogP contribution in [0.2, 0.25) is 0 Å². The van der Waals surface area contributed by atoms with E-state index in [9.17, 15) is 4.79 Å². The van der Waals surface area contributed by atoms with Gasteiger partial charge in [0.05, 0.1) is 0 Å². The van der Waals surface area contributed by atoms with E-state index in [1.54, 1.807) is 0 Å². The maximum Gasteiger partial charge on any atom is 0.268 e. The molecule has 2 aliphatic rings. The Morgan fingerprint density at radius 3 is 2.57 bits per heavy atom. The molecule has 2 N–H and O–H groups in total. The monoisotopic (exact) mass is 306 g/mol. The van der Waals surface area contributed by atoms with E-state index in [0.29, 0.717) is 17.2 Å². The maximum atomic E-state index is 12.5. The molecule has 0 spiro atoms. The first-order valence-corrected chi connectivity index (χ1v) is 8.53. The minimum Gasteiger partial charge on any atom is -0.382 e. The van der Waals surface area contributed by atoms with Crippen LogP contribution >= 0.6 is 11.3 Å². The lowest BCUT2D eigenvalue weighted by Crippen LogP contribution is -2.33. The molecule has 3 rings (SSSR count). The van der Waals surface area contributed by atoms with Gasteiger partial charge in [0.2, 0.25) is 0 Å². The second kappa shape index (κ2) is 6.47. The van der Waals surface area contributed by atoms with Crippen LogP contribution in [0.3, 0.4) is 0 Å². The maximum absolute atomic E-state index is 12.5. The van der Waals surface area contributed by atoms with Crippen LogP contribution in [0.5, 0.6) is 0 Å². The second-order valence-corrected chi connectivity index (χ2v) is 6.60. The number of aromatic nitrogens is 1. The fraction of sp³-hybridized carbons (Fsp3) is 0.600. The fourth-order valence-corrected chi connectivity index (χ4v) is 3.84. The number of nitrogen functional groups attached to an aromatic ring is 1. The SMILES string of the molecule is Nc1nc(N2CCCCCC2)sc1C(=O)N1CC=CCC1. The molecule has 1 saturated heterocycles. The largest absolute Gasteiger partial charge is 0.382 e. The molecule has 1 amide bonds. The minimum atomic E-state index is 0.0235. The van der Waals surface area contributed by atoms with Crippen molar-refractivity contribution in [2.45, 2.75) is 32.1 Å². The standard InChI is InChI=1S/C15H22N4OS/c16-13-12(14(20)18-8-6-3-7-9-18)21-15(17-13)19-10-4-1-2-5-11-19/h3,6H,1-2,4-5,7-11,16H2. The van der Waals surface area contributed by atoms with E-state index in [0.717, 1.165) is 31.2 Å². The Morgan fingerprint density at radius 2 is 1.90 bits per heavy atom. The van der Waals surface area contributed by atoms with Crippen LogP contribution < -0.4 is 10.6 Å². The van der Waals surface area contributed by atoms with Gasteiger partial charge in [-0.15, -0.1) is 0 Å². The van der Waals surface area contributed by atoms with Gasteiger partial charge in [-0.25, -0.2) is 4.98 Å². The fourth-order valence-electron chi connectivity index (χ4n) is 2.84. The molecule has 114 valence electrons. The van der Waals surface area contributed by atoms with Crippen molar-refractivity contribution in [1.29, 1.82) is 0 Å². The van der Waals surface area contributed by atoms with Crippen LogP contribution in [0.1, 0.15) is 41.8 Å². The predicted octanol–water partition coefficient (Wildman–Crippen LogP) is 2.51. The molecule has 2 aliphatic heterocycles. The molecule has 0 bridgehead atoms. The van der Waals surface area contributed by atoms with Gasteiger partial charge in [0.15, 0.2) is 5.13 Å². The summed E-state index contributed by atoms with van der Waals surface area (Å²) < 4.78 is 0. The molecule has 3 heterocycles. The van der Waals surface area contributed by atoms with E-state index in [2.05, 4.69) is 16.0 Å². The summed E-state index contributed by atoms with van der Waals surface area (Å²) in [6, 6.07) is 0. The van der Waals surface area contributed by atoms with Crippen LogP contribution in [-0.4, -0.2) is 42.0 Å². The van der Waals surface area contributed by atoms with Crippen molar-refractivity contribution in [3.63, 3.8) is 0 Å². The predicted molar refractivity (Wildman–Crippen MR) is 86.9 cm³/mol. The Kier molecular flexibility index (Phi) is 4.43. The number of hydrogen-bond donors (Lipinski definition) is 1. The zero-order chi connectivity index (χ0) is 14.7. The van der Waals surface area contributed by atoms with Crippen LogP contribution in [0.4, 0.5) is 10.9 Å². The van der Waals surface area contributed by atoms with Crippen LogP contribution in [0, 0.1) is 0 Å². The number of nitrogens with two attached hydrogens (primary N) is 1. The minimum absolute atomic E-state index is 0.0235. The molecule has 1 fully saturated rings. The molecule has 1 aromatic heterocycles. The molecular formula is C15H22N4OS. The Labute approximate surface area is 129 Å². The number of thiazole rings is 1. The number of carbonyl (C=O) groups excluding carboxylic acids is 1. The summed E-state index contributed by atoms with van der Waals surface area (Å²) in [5.74, 6) is 0.411. The molecule has 0 radical (unpaired) electrons. The van der Waals surface area contributed by atoms with Crippen molar-refractivity contribution in [1.82, 2.24) is 9.88 Å². The highest BCUT2D eigenvalue weighted by Crippen LogP contribution is 2.31. The summed E-state index contributed by atoms with van der Waals surface area (Å²) in [5.41, 5.74) is 6.00. The Morgan fingerprint density at radius 1 is 1.14 bits per heavy atom. The third kappa shape index (κ3) is 3.20. The van der Waals surface area contributed by atoms with E-state index in [4.69, 9.17) is 5.73 Å². The lowest BCUT2D eigenvalue weighted by molar-refractivity contribution is 0.0776. The van der Waals surface area contributed by atoms with E-state index < -0.39 is 0 Å². The van der Waals surface area contributed by atoms with Crippen LogP contribution in [0.25, 0.3) is 0 Å². The number of rotatable bonds is 2. The summed E-state index contributed by atoms with van der Waals surface area (Å²) in [6.45, 7) is 3.49. The topological polar surface area (TPSA) is 62.5 Å². The zero-order valence-corrected chi connectivity index (χ0v) is 13.1. The van der Waals surface area contributed by atoms with Gasteiger partial charge >= 0.3 is 0 Å². The summed E-state index contributed by atoms with van der Waals surface area (Å²) in [7, 11) is 0. The van der Waals surface area contributed by atoms with Crippen molar-refractivity contribution in [3.8, 4) is 0 Å². The molecule has 0 saturated carbocycles. The molecule has 0 unspecified atom stereocenters. The van der Waals surface area contributed by atoms with Gasteiger partial charge in [0.25, 0.3) is 5.91 Å². The van der Waals surface area contributed by atoms with Crippen molar-refractivity contribution >= 4 is 28.2 Å². The molecule has 0 aliphatic carbocycles. The lowest BCUT2D eigenvalue weighted by Gasteiger charge is -2.22. The molecule has 6 heteroatoms. The smallest absolute Gasteiger partial charge is 0.268 e. The first kappa shape index (κ1) is 14.4. The van der Waals surface area contributed by atoms with E-state index in [1.807, 2.05) is 11.0 Å². The lowest BCUT2D eigenvalue weighted by atomic mass is 10.2. The molecular weight excluding hydrogens is 284 g/mol. The van der Waals surface area contributed by atoms with Gasteiger partial charge in [-0.3, -0.25) is 4.79 Å². The molecule has 5 nitrogen and oxygen atoms in total. The van der Waals surface area contributed by atoms with E-state index in [1.165, 1.54) is 37.0 Å².